The molecule has 0 saturated heterocycles. The molecule has 0 amide bonds. The Hall–Kier alpha value is -2.32. The van der Waals surface area contributed by atoms with Crippen molar-refractivity contribution in [2.24, 2.45) is 5.73 Å². The molecule has 0 saturated carbocycles. The first-order valence-electron chi connectivity index (χ1n) is 7.82. The fourth-order valence-electron chi connectivity index (χ4n) is 3.23. The van der Waals surface area contributed by atoms with Crippen molar-refractivity contribution in [1.82, 2.24) is 0 Å². The van der Waals surface area contributed by atoms with E-state index in [-0.39, 0.29) is 34.6 Å². The number of carbonyl (C=O) groups excluding carboxylic acids is 1. The number of nitrogens with two attached hydrogens (primary N) is 1. The summed E-state index contributed by atoms with van der Waals surface area (Å²) in [7, 11) is -2.84. The summed E-state index contributed by atoms with van der Waals surface area (Å²) in [5.74, 6) is -0.394. The van der Waals surface area contributed by atoms with E-state index in [1.165, 1.54) is 25.3 Å². The molecule has 0 bridgehead atoms. The third-order valence-electron chi connectivity index (χ3n) is 4.29. The number of sulfonamides is 1. The monoisotopic (exact) mass is 364 g/mol. The first-order valence-corrected chi connectivity index (χ1v) is 9.26. The number of esters is 1. The number of methoxy groups -OCH3 is 1. The van der Waals surface area contributed by atoms with Crippen molar-refractivity contribution in [2.75, 3.05) is 18.0 Å². The van der Waals surface area contributed by atoms with Crippen LogP contribution in [0.1, 0.15) is 27.4 Å². The Balaban J connectivity index is 2.21. The van der Waals surface area contributed by atoms with Gasteiger partial charge in [-0.05, 0) is 31.9 Å². The zero-order chi connectivity index (χ0) is 18.4. The minimum Gasteiger partial charge on any atom is -0.465 e. The number of ether oxygens (including phenoxy) is 1. The lowest BCUT2D eigenvalue weighted by Crippen LogP contribution is -2.46. The molecule has 8 heteroatoms. The maximum Gasteiger partial charge on any atom is 0.342 e. The third kappa shape index (κ3) is 2.81. The second kappa shape index (κ2) is 6.20. The van der Waals surface area contributed by atoms with Gasteiger partial charge in [0.05, 0.1) is 12.8 Å². The Morgan fingerprint density at radius 1 is 1.28 bits per heavy atom. The van der Waals surface area contributed by atoms with Crippen molar-refractivity contribution in [3.8, 4) is 0 Å². The molecule has 7 nitrogen and oxygen atoms in total. The van der Waals surface area contributed by atoms with Crippen molar-refractivity contribution in [3.05, 3.63) is 46.9 Å². The molecule has 3 rings (SSSR count). The lowest BCUT2D eigenvalue weighted by Gasteiger charge is -2.33. The number of anilines is 1. The van der Waals surface area contributed by atoms with Crippen LogP contribution in [0.4, 0.5) is 5.69 Å². The van der Waals surface area contributed by atoms with Crippen molar-refractivity contribution in [2.45, 2.75) is 31.2 Å². The molecule has 1 aliphatic heterocycles. The second-order valence-electron chi connectivity index (χ2n) is 6.04. The van der Waals surface area contributed by atoms with Gasteiger partial charge in [0.2, 0.25) is 0 Å². The van der Waals surface area contributed by atoms with Gasteiger partial charge in [0, 0.05) is 12.6 Å². The summed E-state index contributed by atoms with van der Waals surface area (Å²) in [6, 6.07) is 6.87. The van der Waals surface area contributed by atoms with Gasteiger partial charge in [-0.15, -0.1) is 0 Å². The number of hydrogen-bond acceptors (Lipinski definition) is 6. The van der Waals surface area contributed by atoms with Gasteiger partial charge in [-0.3, -0.25) is 4.31 Å². The lowest BCUT2D eigenvalue weighted by atomic mass is 10.0. The van der Waals surface area contributed by atoms with E-state index in [0.717, 1.165) is 5.56 Å². The average molecular weight is 364 g/mol. The largest absolute Gasteiger partial charge is 0.465 e. The summed E-state index contributed by atoms with van der Waals surface area (Å²) in [4.78, 5) is 12.0. The van der Waals surface area contributed by atoms with Gasteiger partial charge >= 0.3 is 5.97 Å². The molecule has 0 radical (unpaired) electrons. The fraction of sp³-hybridized carbons (Fsp3) is 0.353. The SMILES string of the molecule is COC(=O)c1c(C)oc(C)c1S(=O)(=O)N1CC(N)Cc2ccccc21. The number of rotatable bonds is 3. The van der Waals surface area contributed by atoms with Gasteiger partial charge in [0.25, 0.3) is 10.0 Å². The first kappa shape index (κ1) is 17.5. The normalized spacial score (nSPS) is 17.3. The summed E-state index contributed by atoms with van der Waals surface area (Å²) in [5, 5.41) is 0. The van der Waals surface area contributed by atoms with E-state index in [2.05, 4.69) is 0 Å². The molecule has 0 fully saturated rings. The molecular weight excluding hydrogens is 344 g/mol. The number of fused-ring (bicyclic) bond motifs is 1. The van der Waals surface area contributed by atoms with Gasteiger partial charge in [-0.2, -0.15) is 0 Å². The van der Waals surface area contributed by atoms with Crippen molar-refractivity contribution >= 4 is 21.7 Å². The Morgan fingerprint density at radius 3 is 2.64 bits per heavy atom. The highest BCUT2D eigenvalue weighted by Gasteiger charge is 2.38. The molecule has 0 aliphatic carbocycles. The summed E-state index contributed by atoms with van der Waals surface area (Å²) in [6.07, 6.45) is 0.593. The number of para-hydroxylation sites is 1. The molecule has 134 valence electrons. The number of benzene rings is 1. The van der Waals surface area contributed by atoms with E-state index < -0.39 is 16.0 Å². The van der Waals surface area contributed by atoms with E-state index in [1.54, 1.807) is 12.1 Å². The number of nitrogens with zero attached hydrogens (tertiary/aromatic N) is 1. The maximum atomic E-state index is 13.4. The number of furan rings is 1. The fourth-order valence-corrected chi connectivity index (χ4v) is 5.17. The quantitative estimate of drug-likeness (QED) is 0.833. The van der Waals surface area contributed by atoms with Crippen LogP contribution in [0.25, 0.3) is 0 Å². The molecule has 2 aromatic rings. The van der Waals surface area contributed by atoms with Crippen LogP contribution >= 0.6 is 0 Å². The molecular formula is C17H20N2O5S. The van der Waals surface area contributed by atoms with Crippen molar-refractivity contribution < 1.29 is 22.4 Å². The molecule has 1 aliphatic rings. The number of aryl methyl sites for hydroxylation is 2. The standard InChI is InChI=1S/C17H20N2O5S/c1-10-15(17(20)23-3)16(11(2)24-10)25(21,22)19-9-13(18)8-12-6-4-5-7-14(12)19/h4-7,13H,8-9,18H2,1-3H3. The van der Waals surface area contributed by atoms with E-state index in [4.69, 9.17) is 14.9 Å². The molecule has 1 unspecified atom stereocenters. The van der Waals surface area contributed by atoms with E-state index >= 15 is 0 Å². The van der Waals surface area contributed by atoms with Gasteiger partial charge in [0.15, 0.2) is 0 Å². The van der Waals surface area contributed by atoms with E-state index in [0.29, 0.717) is 12.1 Å². The summed E-state index contributed by atoms with van der Waals surface area (Å²) in [6.45, 7) is 3.18. The first-order chi connectivity index (χ1) is 11.8. The Labute approximate surface area is 146 Å². The van der Waals surface area contributed by atoms with Gasteiger partial charge in [0.1, 0.15) is 22.0 Å². The molecule has 0 spiro atoms. The highest BCUT2D eigenvalue weighted by molar-refractivity contribution is 7.93. The van der Waals surface area contributed by atoms with E-state index in [9.17, 15) is 13.2 Å². The smallest absolute Gasteiger partial charge is 0.342 e. The van der Waals surface area contributed by atoms with Gasteiger partial charge in [-0.25, -0.2) is 13.2 Å². The second-order valence-corrected chi connectivity index (χ2v) is 7.84. The van der Waals surface area contributed by atoms with Crippen LogP contribution in [0.15, 0.2) is 33.6 Å². The van der Waals surface area contributed by atoms with Gasteiger partial charge < -0.3 is 14.9 Å². The predicted molar refractivity (Wildman–Crippen MR) is 92.2 cm³/mol. The Morgan fingerprint density at radius 2 is 1.96 bits per heavy atom. The molecule has 1 aromatic carbocycles. The highest BCUT2D eigenvalue weighted by atomic mass is 32.2. The zero-order valence-electron chi connectivity index (χ0n) is 14.3. The predicted octanol–water partition coefficient (Wildman–Crippen LogP) is 1.76. The molecule has 25 heavy (non-hydrogen) atoms. The molecule has 1 atom stereocenters. The van der Waals surface area contributed by atoms with Crippen LogP contribution < -0.4 is 10.0 Å². The maximum absolute atomic E-state index is 13.4. The minimum atomic E-state index is -4.05. The minimum absolute atomic E-state index is 0.0726. The van der Waals surface area contributed by atoms with Crippen LogP contribution in [0.2, 0.25) is 0 Å². The number of carbonyl (C=O) groups is 1. The van der Waals surface area contributed by atoms with E-state index in [1.807, 2.05) is 12.1 Å². The van der Waals surface area contributed by atoms with Crippen molar-refractivity contribution in [1.29, 1.82) is 0 Å². The summed E-state index contributed by atoms with van der Waals surface area (Å²) < 4.78 is 38.2. The Kier molecular flexibility index (Phi) is 4.34. The highest BCUT2D eigenvalue weighted by Crippen LogP contribution is 2.35. The Bertz CT molecular complexity index is 933. The van der Waals surface area contributed by atoms with Crippen LogP contribution in [0.5, 0.6) is 0 Å². The summed E-state index contributed by atoms with van der Waals surface area (Å²) in [5.41, 5.74) is 7.41. The van der Waals surface area contributed by atoms with Crippen LogP contribution in [0.3, 0.4) is 0 Å². The van der Waals surface area contributed by atoms with Gasteiger partial charge in [-0.1, -0.05) is 18.2 Å². The topological polar surface area (TPSA) is 103 Å². The van der Waals surface area contributed by atoms with Crippen molar-refractivity contribution in [3.63, 3.8) is 0 Å². The molecule has 2 heterocycles. The average Bonchev–Trinajstić information content (AvgIpc) is 2.88. The van der Waals surface area contributed by atoms with Crippen LogP contribution in [-0.4, -0.2) is 34.1 Å². The molecule has 2 N–H and O–H groups in total. The lowest BCUT2D eigenvalue weighted by molar-refractivity contribution is 0.0595. The number of hydrogen-bond donors (Lipinski definition) is 1. The van der Waals surface area contributed by atoms with Crippen LogP contribution in [-0.2, 0) is 21.2 Å². The third-order valence-corrected chi connectivity index (χ3v) is 6.22. The zero-order valence-corrected chi connectivity index (χ0v) is 15.1. The van der Waals surface area contributed by atoms with Crippen LogP contribution in [0, 0.1) is 13.8 Å². The molecule has 1 aromatic heterocycles. The summed E-state index contributed by atoms with van der Waals surface area (Å²) >= 11 is 0.